The van der Waals surface area contributed by atoms with E-state index in [1.165, 1.54) is 27.9 Å². The number of ether oxygens (including phenoxy) is 3. The Hall–Kier alpha value is -4.14. The number of nitrogens with zero attached hydrogens (tertiary/aromatic N) is 3. The zero-order valence-electron chi connectivity index (χ0n) is 19.3. The molecule has 4 aromatic rings. The molecule has 0 spiro atoms. The fraction of sp³-hybridized carbons (Fsp3) is 0.192. The number of hydrogen-bond donors (Lipinski definition) is 0. The van der Waals surface area contributed by atoms with Gasteiger partial charge in [0.1, 0.15) is 11.5 Å². The third-order valence-electron chi connectivity index (χ3n) is 5.22. The summed E-state index contributed by atoms with van der Waals surface area (Å²) >= 11 is 1.26. The van der Waals surface area contributed by atoms with Crippen molar-refractivity contribution in [3.63, 3.8) is 0 Å². The number of unbranched alkanes of at least 4 members (excludes halogenated alkanes) is 1. The number of halogens is 3. The molecule has 2 heterocycles. The van der Waals surface area contributed by atoms with Crippen LogP contribution in [0.5, 0.6) is 11.5 Å². The first-order chi connectivity index (χ1) is 17.8. The van der Waals surface area contributed by atoms with Crippen LogP contribution in [0.4, 0.5) is 13.2 Å². The van der Waals surface area contributed by atoms with Gasteiger partial charge in [0.15, 0.2) is 11.8 Å². The van der Waals surface area contributed by atoms with Gasteiger partial charge >= 0.3 is 6.36 Å². The van der Waals surface area contributed by atoms with Gasteiger partial charge in [0.05, 0.1) is 23.9 Å². The van der Waals surface area contributed by atoms with E-state index in [1.807, 2.05) is 6.07 Å². The predicted molar refractivity (Wildman–Crippen MR) is 132 cm³/mol. The van der Waals surface area contributed by atoms with Crippen LogP contribution in [0.3, 0.4) is 0 Å². The highest BCUT2D eigenvalue weighted by Gasteiger charge is 2.31. The largest absolute Gasteiger partial charge is 0.573 e. The molecular weight excluding hydrogens is 507 g/mol. The van der Waals surface area contributed by atoms with Crippen molar-refractivity contribution in [1.82, 2.24) is 9.38 Å². The molecule has 0 aliphatic rings. The maximum absolute atomic E-state index is 13.4. The van der Waals surface area contributed by atoms with E-state index in [1.54, 1.807) is 35.8 Å². The SMILES string of the molecule is C=C(c1ccccc1OCOCCCC#N)c1nc2sccn2c(=O)c1-c1ccc(OC(F)(F)F)cc1. The Kier molecular flexibility index (Phi) is 7.91. The lowest BCUT2D eigenvalue weighted by molar-refractivity contribution is -0.274. The number of benzene rings is 2. The molecule has 0 aliphatic carbocycles. The number of hydrogen-bond acceptors (Lipinski definition) is 7. The molecule has 7 nitrogen and oxygen atoms in total. The summed E-state index contributed by atoms with van der Waals surface area (Å²) in [4.78, 5) is 18.5. The van der Waals surface area contributed by atoms with Crippen LogP contribution < -0.4 is 15.0 Å². The zero-order valence-corrected chi connectivity index (χ0v) is 20.1. The monoisotopic (exact) mass is 527 g/mol. The van der Waals surface area contributed by atoms with Crippen molar-refractivity contribution >= 4 is 21.9 Å². The van der Waals surface area contributed by atoms with Crippen molar-refractivity contribution in [3.8, 4) is 28.7 Å². The van der Waals surface area contributed by atoms with Gasteiger partial charge < -0.3 is 14.2 Å². The molecule has 0 saturated carbocycles. The lowest BCUT2D eigenvalue weighted by Crippen LogP contribution is -2.19. The van der Waals surface area contributed by atoms with Crippen LogP contribution in [0, 0.1) is 11.3 Å². The maximum Gasteiger partial charge on any atom is 0.573 e. The molecule has 11 heteroatoms. The molecule has 37 heavy (non-hydrogen) atoms. The van der Waals surface area contributed by atoms with E-state index in [9.17, 15) is 18.0 Å². The van der Waals surface area contributed by atoms with Gasteiger partial charge in [-0.15, -0.1) is 24.5 Å². The Morgan fingerprint density at radius 3 is 2.65 bits per heavy atom. The van der Waals surface area contributed by atoms with E-state index >= 15 is 0 Å². The smallest absolute Gasteiger partial charge is 0.467 e. The topological polar surface area (TPSA) is 85.9 Å². The molecule has 0 bridgehead atoms. The van der Waals surface area contributed by atoms with Gasteiger partial charge in [-0.1, -0.05) is 36.9 Å². The molecule has 0 amide bonds. The van der Waals surface area contributed by atoms with E-state index in [-0.39, 0.29) is 18.1 Å². The second-order valence-corrected chi connectivity index (χ2v) is 8.55. The summed E-state index contributed by atoms with van der Waals surface area (Å²) in [5.74, 6) is 0.0376. The van der Waals surface area contributed by atoms with Crippen LogP contribution in [0.1, 0.15) is 24.1 Å². The quantitative estimate of drug-likeness (QED) is 0.185. The summed E-state index contributed by atoms with van der Waals surface area (Å²) in [6, 6.07) is 14.1. The van der Waals surface area contributed by atoms with Crippen molar-refractivity contribution in [1.29, 1.82) is 5.26 Å². The molecule has 4 rings (SSSR count). The second-order valence-electron chi connectivity index (χ2n) is 7.68. The van der Waals surface area contributed by atoms with Gasteiger partial charge in [0, 0.05) is 29.1 Å². The molecule has 2 aromatic carbocycles. The van der Waals surface area contributed by atoms with E-state index in [2.05, 4.69) is 16.3 Å². The Balaban J connectivity index is 1.71. The minimum atomic E-state index is -4.83. The first kappa shape index (κ1) is 25.9. The van der Waals surface area contributed by atoms with Crippen LogP contribution in [0.15, 0.2) is 71.5 Å². The Labute approximate surface area is 213 Å². The van der Waals surface area contributed by atoms with E-state index in [0.29, 0.717) is 46.9 Å². The van der Waals surface area contributed by atoms with Crippen molar-refractivity contribution in [3.05, 3.63) is 88.3 Å². The molecule has 0 radical (unpaired) electrons. The number of aromatic nitrogens is 2. The van der Waals surface area contributed by atoms with E-state index in [0.717, 1.165) is 12.1 Å². The predicted octanol–water partition coefficient (Wildman–Crippen LogP) is 6.04. The van der Waals surface area contributed by atoms with Gasteiger partial charge in [0.2, 0.25) is 0 Å². The molecule has 0 saturated heterocycles. The first-order valence-electron chi connectivity index (χ1n) is 11.0. The minimum Gasteiger partial charge on any atom is -0.467 e. The minimum absolute atomic E-state index is 0.0523. The summed E-state index contributed by atoms with van der Waals surface area (Å²) < 4.78 is 54.3. The molecule has 0 unspecified atom stereocenters. The number of alkyl halides is 3. The second kappa shape index (κ2) is 11.3. The highest BCUT2D eigenvalue weighted by atomic mass is 32.1. The van der Waals surface area contributed by atoms with Crippen LogP contribution in [0.2, 0.25) is 0 Å². The van der Waals surface area contributed by atoms with Crippen LogP contribution in [-0.4, -0.2) is 29.1 Å². The molecular formula is C26H20F3N3O4S. The summed E-state index contributed by atoms with van der Waals surface area (Å²) in [5.41, 5.74) is 1.34. The number of nitriles is 1. The van der Waals surface area contributed by atoms with Gasteiger partial charge in [-0.3, -0.25) is 9.20 Å². The number of rotatable bonds is 10. The van der Waals surface area contributed by atoms with Gasteiger partial charge in [-0.05, 0) is 30.2 Å². The molecule has 0 N–H and O–H groups in total. The Bertz CT molecular complexity index is 1500. The van der Waals surface area contributed by atoms with E-state index in [4.69, 9.17) is 14.7 Å². The molecule has 0 fully saturated rings. The van der Waals surface area contributed by atoms with E-state index < -0.39 is 17.7 Å². The summed E-state index contributed by atoms with van der Waals surface area (Å²) in [6.07, 6.45) is -2.29. The fourth-order valence-electron chi connectivity index (χ4n) is 3.57. The van der Waals surface area contributed by atoms with Gasteiger partial charge in [0.25, 0.3) is 5.56 Å². The first-order valence-corrected chi connectivity index (χ1v) is 11.9. The Morgan fingerprint density at radius 1 is 1.16 bits per heavy atom. The van der Waals surface area contributed by atoms with Gasteiger partial charge in [-0.2, -0.15) is 5.26 Å². The zero-order chi connectivity index (χ0) is 26.4. The van der Waals surface area contributed by atoms with Crippen molar-refractivity contribution in [2.45, 2.75) is 19.2 Å². The number of thiazole rings is 1. The lowest BCUT2D eigenvalue weighted by Gasteiger charge is -2.16. The molecule has 0 aliphatic heterocycles. The summed E-state index contributed by atoms with van der Waals surface area (Å²) in [7, 11) is 0. The summed E-state index contributed by atoms with van der Waals surface area (Å²) in [6.45, 7) is 4.48. The van der Waals surface area contributed by atoms with Crippen LogP contribution in [0.25, 0.3) is 21.7 Å². The Morgan fingerprint density at radius 2 is 1.92 bits per heavy atom. The normalized spacial score (nSPS) is 11.3. The molecule has 2 aromatic heterocycles. The van der Waals surface area contributed by atoms with Crippen molar-refractivity contribution < 1.29 is 27.4 Å². The fourth-order valence-corrected chi connectivity index (χ4v) is 4.27. The lowest BCUT2D eigenvalue weighted by atomic mass is 9.96. The number of para-hydroxylation sites is 1. The molecule has 0 atom stereocenters. The maximum atomic E-state index is 13.4. The summed E-state index contributed by atoms with van der Waals surface area (Å²) in [5, 5.41) is 10.3. The third-order valence-corrected chi connectivity index (χ3v) is 5.97. The van der Waals surface area contributed by atoms with Crippen molar-refractivity contribution in [2.75, 3.05) is 13.4 Å². The standard InChI is InChI=1S/C26H20F3N3O4S/c1-17(20-6-2-3-7-21(20)35-16-34-14-5-4-12-30)23-22(24(33)32-13-15-37-25(32)31-23)18-8-10-19(11-9-18)36-26(27,28)29/h2-3,6-11,13,15H,1,4-5,14,16H2. The average Bonchev–Trinajstić information content (AvgIpc) is 3.35. The van der Waals surface area contributed by atoms with Gasteiger partial charge in [-0.25, -0.2) is 4.98 Å². The highest BCUT2D eigenvalue weighted by molar-refractivity contribution is 7.15. The van der Waals surface area contributed by atoms with Crippen molar-refractivity contribution in [2.24, 2.45) is 0 Å². The highest BCUT2D eigenvalue weighted by Crippen LogP contribution is 2.34. The van der Waals surface area contributed by atoms with Crippen LogP contribution in [-0.2, 0) is 4.74 Å². The van der Waals surface area contributed by atoms with Crippen LogP contribution >= 0.6 is 11.3 Å². The third kappa shape index (κ3) is 6.17. The average molecular weight is 528 g/mol. The number of fused-ring (bicyclic) bond motifs is 1. The molecule has 190 valence electrons.